The van der Waals surface area contributed by atoms with E-state index in [1.807, 2.05) is 36.6 Å². The molecule has 2 aromatic rings. The molecule has 0 radical (unpaired) electrons. The normalized spacial score (nSPS) is 10.2. The van der Waals surface area contributed by atoms with E-state index in [0.717, 1.165) is 21.8 Å². The van der Waals surface area contributed by atoms with Crippen LogP contribution in [0.25, 0.3) is 10.6 Å². The third-order valence-corrected chi connectivity index (χ3v) is 3.28. The predicted octanol–water partition coefficient (Wildman–Crippen LogP) is 2.75. The standard InChI is InChI=1S/C11H10N2S2/c1-7-6-15-11(13-7)9-4-2-8(3-5-9)10(12)14/h2-6H,1H3,(H2,12,14). The third-order valence-electron chi connectivity index (χ3n) is 2.04. The van der Waals surface area contributed by atoms with Crippen LogP contribution in [-0.4, -0.2) is 9.97 Å². The van der Waals surface area contributed by atoms with Crippen LogP contribution in [0.3, 0.4) is 0 Å². The van der Waals surface area contributed by atoms with Crippen LogP contribution in [0.1, 0.15) is 11.3 Å². The zero-order valence-electron chi connectivity index (χ0n) is 8.23. The minimum absolute atomic E-state index is 0.428. The molecule has 1 aromatic carbocycles. The first-order chi connectivity index (χ1) is 7.16. The van der Waals surface area contributed by atoms with Gasteiger partial charge in [-0.2, -0.15) is 0 Å². The molecule has 0 saturated heterocycles. The molecule has 0 bridgehead atoms. The second-order valence-electron chi connectivity index (χ2n) is 3.24. The lowest BCUT2D eigenvalue weighted by Gasteiger charge is -1.99. The van der Waals surface area contributed by atoms with Crippen molar-refractivity contribution in [1.82, 2.24) is 4.98 Å². The number of aromatic nitrogens is 1. The van der Waals surface area contributed by atoms with Crippen molar-refractivity contribution < 1.29 is 0 Å². The van der Waals surface area contributed by atoms with Gasteiger partial charge in [-0.25, -0.2) is 4.98 Å². The molecule has 2 nitrogen and oxygen atoms in total. The van der Waals surface area contributed by atoms with E-state index < -0.39 is 0 Å². The van der Waals surface area contributed by atoms with Crippen molar-refractivity contribution in [3.8, 4) is 10.6 Å². The number of rotatable bonds is 2. The molecule has 4 heteroatoms. The van der Waals surface area contributed by atoms with Crippen LogP contribution in [0.4, 0.5) is 0 Å². The number of nitrogens with zero attached hydrogens (tertiary/aromatic N) is 1. The van der Waals surface area contributed by atoms with Crippen LogP contribution in [0.2, 0.25) is 0 Å². The first-order valence-corrected chi connectivity index (χ1v) is 5.78. The molecular weight excluding hydrogens is 224 g/mol. The molecule has 2 N–H and O–H groups in total. The van der Waals surface area contributed by atoms with Gasteiger partial charge in [-0.1, -0.05) is 36.5 Å². The monoisotopic (exact) mass is 234 g/mol. The fourth-order valence-corrected chi connectivity index (χ4v) is 2.20. The Morgan fingerprint density at radius 2 is 2.00 bits per heavy atom. The van der Waals surface area contributed by atoms with Crippen LogP contribution in [0.15, 0.2) is 29.6 Å². The van der Waals surface area contributed by atoms with Crippen molar-refractivity contribution in [2.75, 3.05) is 0 Å². The minimum atomic E-state index is 0.428. The zero-order chi connectivity index (χ0) is 10.8. The van der Waals surface area contributed by atoms with Gasteiger partial charge >= 0.3 is 0 Å². The summed E-state index contributed by atoms with van der Waals surface area (Å²) in [5.41, 5.74) is 8.57. The second-order valence-corrected chi connectivity index (χ2v) is 4.53. The first-order valence-electron chi connectivity index (χ1n) is 4.49. The summed E-state index contributed by atoms with van der Waals surface area (Å²) in [4.78, 5) is 4.84. The Bertz CT molecular complexity index is 486. The van der Waals surface area contributed by atoms with E-state index in [-0.39, 0.29) is 0 Å². The van der Waals surface area contributed by atoms with Gasteiger partial charge in [0.15, 0.2) is 0 Å². The molecular formula is C11H10N2S2. The van der Waals surface area contributed by atoms with E-state index in [1.165, 1.54) is 0 Å². The van der Waals surface area contributed by atoms with Crippen LogP contribution < -0.4 is 5.73 Å². The van der Waals surface area contributed by atoms with E-state index >= 15 is 0 Å². The van der Waals surface area contributed by atoms with Crippen LogP contribution >= 0.6 is 23.6 Å². The summed E-state index contributed by atoms with van der Waals surface area (Å²) in [5, 5.41) is 3.07. The van der Waals surface area contributed by atoms with E-state index in [1.54, 1.807) is 11.3 Å². The van der Waals surface area contributed by atoms with Crippen molar-refractivity contribution in [1.29, 1.82) is 0 Å². The number of nitrogens with two attached hydrogens (primary N) is 1. The van der Waals surface area contributed by atoms with Gasteiger partial charge in [0.25, 0.3) is 0 Å². The molecule has 0 saturated carbocycles. The Hall–Kier alpha value is -1.26. The second kappa shape index (κ2) is 4.08. The molecule has 0 aliphatic rings. The summed E-state index contributed by atoms with van der Waals surface area (Å²) >= 11 is 6.53. The quantitative estimate of drug-likeness (QED) is 0.812. The molecule has 0 aliphatic heterocycles. The zero-order valence-corrected chi connectivity index (χ0v) is 9.86. The SMILES string of the molecule is Cc1csc(-c2ccc(C(N)=S)cc2)n1. The highest BCUT2D eigenvalue weighted by molar-refractivity contribution is 7.80. The number of thiazole rings is 1. The lowest BCUT2D eigenvalue weighted by Crippen LogP contribution is -2.08. The molecule has 0 fully saturated rings. The van der Waals surface area contributed by atoms with E-state index in [9.17, 15) is 0 Å². The van der Waals surface area contributed by atoms with E-state index in [2.05, 4.69) is 4.98 Å². The number of benzene rings is 1. The van der Waals surface area contributed by atoms with Crippen molar-refractivity contribution in [3.63, 3.8) is 0 Å². The fourth-order valence-electron chi connectivity index (χ4n) is 1.26. The summed E-state index contributed by atoms with van der Waals surface area (Å²) in [6.07, 6.45) is 0. The Labute approximate surface area is 97.8 Å². The highest BCUT2D eigenvalue weighted by Crippen LogP contribution is 2.23. The van der Waals surface area contributed by atoms with Gasteiger partial charge in [-0.15, -0.1) is 11.3 Å². The van der Waals surface area contributed by atoms with Crippen LogP contribution in [-0.2, 0) is 0 Å². The van der Waals surface area contributed by atoms with Gasteiger partial charge in [0.05, 0.1) is 0 Å². The number of hydrogen-bond donors (Lipinski definition) is 1. The Kier molecular flexibility index (Phi) is 2.79. The molecule has 1 aromatic heterocycles. The average molecular weight is 234 g/mol. The average Bonchev–Trinajstić information content (AvgIpc) is 2.65. The molecule has 0 amide bonds. The summed E-state index contributed by atoms with van der Waals surface area (Å²) in [6, 6.07) is 7.84. The van der Waals surface area contributed by atoms with Gasteiger partial charge in [0, 0.05) is 22.2 Å². The summed E-state index contributed by atoms with van der Waals surface area (Å²) in [6.45, 7) is 1.99. The van der Waals surface area contributed by atoms with Crippen molar-refractivity contribution in [3.05, 3.63) is 40.9 Å². The van der Waals surface area contributed by atoms with Crippen LogP contribution in [0.5, 0.6) is 0 Å². The summed E-state index contributed by atoms with van der Waals surface area (Å²) in [7, 11) is 0. The molecule has 15 heavy (non-hydrogen) atoms. The van der Waals surface area contributed by atoms with Crippen molar-refractivity contribution in [2.24, 2.45) is 5.73 Å². The Morgan fingerprint density at radius 3 is 2.47 bits per heavy atom. The molecule has 0 aliphatic carbocycles. The van der Waals surface area contributed by atoms with E-state index in [0.29, 0.717) is 4.99 Å². The number of thiocarbonyl (C=S) groups is 1. The predicted molar refractivity (Wildman–Crippen MR) is 68.2 cm³/mol. The minimum Gasteiger partial charge on any atom is -0.389 e. The maximum absolute atomic E-state index is 5.53. The molecule has 2 rings (SSSR count). The number of hydrogen-bond acceptors (Lipinski definition) is 3. The Morgan fingerprint density at radius 1 is 1.33 bits per heavy atom. The van der Waals surface area contributed by atoms with Gasteiger partial charge in [-0.05, 0) is 6.92 Å². The van der Waals surface area contributed by atoms with Gasteiger partial charge < -0.3 is 5.73 Å². The van der Waals surface area contributed by atoms with Crippen molar-refractivity contribution in [2.45, 2.75) is 6.92 Å². The topological polar surface area (TPSA) is 38.9 Å². The van der Waals surface area contributed by atoms with Crippen LogP contribution in [0, 0.1) is 6.92 Å². The largest absolute Gasteiger partial charge is 0.389 e. The molecule has 1 heterocycles. The Balaban J connectivity index is 2.35. The smallest absolute Gasteiger partial charge is 0.123 e. The molecule has 0 unspecified atom stereocenters. The molecule has 0 spiro atoms. The summed E-state index contributed by atoms with van der Waals surface area (Å²) in [5.74, 6) is 0. The lowest BCUT2D eigenvalue weighted by molar-refractivity contribution is 1.27. The van der Waals surface area contributed by atoms with Crippen molar-refractivity contribution >= 4 is 28.5 Å². The van der Waals surface area contributed by atoms with Gasteiger partial charge in [-0.3, -0.25) is 0 Å². The molecule has 0 atom stereocenters. The van der Waals surface area contributed by atoms with E-state index in [4.69, 9.17) is 18.0 Å². The highest BCUT2D eigenvalue weighted by atomic mass is 32.1. The number of aryl methyl sites for hydroxylation is 1. The highest BCUT2D eigenvalue weighted by Gasteiger charge is 2.02. The van der Waals surface area contributed by atoms with Gasteiger partial charge in [0.1, 0.15) is 10.00 Å². The lowest BCUT2D eigenvalue weighted by atomic mass is 10.1. The van der Waals surface area contributed by atoms with Gasteiger partial charge in [0.2, 0.25) is 0 Å². The fraction of sp³-hybridized carbons (Fsp3) is 0.0909. The first kappa shape index (κ1) is 10.3. The third kappa shape index (κ3) is 2.22. The maximum atomic E-state index is 5.53. The maximum Gasteiger partial charge on any atom is 0.123 e. The molecule has 76 valence electrons. The summed E-state index contributed by atoms with van der Waals surface area (Å²) < 4.78 is 0.